The van der Waals surface area contributed by atoms with E-state index >= 15 is 0 Å². The molecule has 0 saturated heterocycles. The third-order valence-electron chi connectivity index (χ3n) is 2.83. The molecule has 0 fully saturated rings. The van der Waals surface area contributed by atoms with Gasteiger partial charge in [-0.3, -0.25) is 9.59 Å². The number of hydrogen-bond acceptors (Lipinski definition) is 5. The molecule has 1 atom stereocenters. The van der Waals surface area contributed by atoms with E-state index in [9.17, 15) is 9.59 Å². The first-order valence-electron chi connectivity index (χ1n) is 6.00. The maximum absolute atomic E-state index is 11.6. The molecule has 108 valence electrons. The number of esters is 1. The van der Waals surface area contributed by atoms with Crippen LogP contribution in [0.2, 0.25) is 5.02 Å². The second kappa shape index (κ2) is 6.00. The van der Waals surface area contributed by atoms with Crippen molar-refractivity contribution in [3.8, 4) is 11.5 Å². The number of carboxylic acid groups (broad SMARTS) is 1. The Morgan fingerprint density at radius 1 is 1.40 bits per heavy atom. The van der Waals surface area contributed by atoms with Crippen LogP contribution in [0.5, 0.6) is 11.5 Å². The number of hydrogen-bond donors (Lipinski definition) is 1. The zero-order chi connectivity index (χ0) is 14.7. The molecule has 7 heteroatoms. The quantitative estimate of drug-likeness (QED) is 0.660. The molecule has 1 N–H and O–H groups in total. The van der Waals surface area contributed by atoms with Crippen LogP contribution in [0, 0.1) is 5.92 Å². The minimum atomic E-state index is -1.30. The van der Waals surface area contributed by atoms with Gasteiger partial charge in [0.15, 0.2) is 17.4 Å². The molecule has 0 radical (unpaired) electrons. The lowest BCUT2D eigenvalue weighted by molar-refractivity contribution is -0.158. The zero-order valence-electron chi connectivity index (χ0n) is 10.7. The molecule has 20 heavy (non-hydrogen) atoms. The molecule has 0 saturated carbocycles. The summed E-state index contributed by atoms with van der Waals surface area (Å²) < 4.78 is 15.1. The lowest BCUT2D eigenvalue weighted by Gasteiger charge is -2.12. The Morgan fingerprint density at radius 2 is 2.05 bits per heavy atom. The highest BCUT2D eigenvalue weighted by Crippen LogP contribution is 2.37. The molecule has 1 heterocycles. The molecule has 0 aromatic heterocycles. The Morgan fingerprint density at radius 3 is 2.65 bits per heavy atom. The third-order valence-corrected chi connectivity index (χ3v) is 3.19. The average molecular weight is 301 g/mol. The van der Waals surface area contributed by atoms with Crippen molar-refractivity contribution in [3.05, 3.63) is 22.7 Å². The molecule has 0 bridgehead atoms. The van der Waals surface area contributed by atoms with E-state index in [2.05, 4.69) is 0 Å². The summed E-state index contributed by atoms with van der Waals surface area (Å²) >= 11 is 6.06. The van der Waals surface area contributed by atoms with Crippen LogP contribution >= 0.6 is 11.6 Å². The first kappa shape index (κ1) is 14.5. The molecule has 1 aromatic rings. The largest absolute Gasteiger partial charge is 0.481 e. The third kappa shape index (κ3) is 2.96. The molecular formula is C13H13ClO6. The van der Waals surface area contributed by atoms with Crippen molar-refractivity contribution in [2.75, 3.05) is 13.4 Å². The number of carbonyl (C=O) groups is 2. The van der Waals surface area contributed by atoms with E-state index in [1.165, 1.54) is 0 Å². The summed E-state index contributed by atoms with van der Waals surface area (Å²) in [6.07, 6.45) is -0.0658. The van der Waals surface area contributed by atoms with Crippen molar-refractivity contribution in [1.82, 2.24) is 0 Å². The van der Waals surface area contributed by atoms with Crippen molar-refractivity contribution in [2.24, 2.45) is 5.92 Å². The summed E-state index contributed by atoms with van der Waals surface area (Å²) in [7, 11) is 0. The Labute approximate surface area is 120 Å². The summed E-state index contributed by atoms with van der Waals surface area (Å²) in [5, 5.41) is 9.44. The predicted octanol–water partition coefficient (Wildman–Crippen LogP) is 1.88. The van der Waals surface area contributed by atoms with Crippen molar-refractivity contribution < 1.29 is 28.9 Å². The van der Waals surface area contributed by atoms with Gasteiger partial charge in [0, 0.05) is 11.1 Å². The number of benzene rings is 1. The van der Waals surface area contributed by atoms with Crippen LogP contribution in [0.3, 0.4) is 0 Å². The van der Waals surface area contributed by atoms with Crippen LogP contribution in [-0.4, -0.2) is 30.4 Å². The molecular weight excluding hydrogens is 288 g/mol. The van der Waals surface area contributed by atoms with Crippen molar-refractivity contribution in [1.29, 1.82) is 0 Å². The van der Waals surface area contributed by atoms with Gasteiger partial charge in [-0.15, -0.1) is 0 Å². The van der Waals surface area contributed by atoms with Crippen molar-refractivity contribution in [2.45, 2.75) is 13.3 Å². The Hall–Kier alpha value is -1.95. The molecule has 0 amide bonds. The van der Waals surface area contributed by atoms with Crippen molar-refractivity contribution >= 4 is 23.5 Å². The molecule has 1 aliphatic rings. The molecule has 2 rings (SSSR count). The highest BCUT2D eigenvalue weighted by molar-refractivity contribution is 6.31. The summed E-state index contributed by atoms with van der Waals surface area (Å²) in [6, 6.07) is 3.13. The maximum Gasteiger partial charge on any atom is 0.320 e. The SMILES string of the molecule is CCOC(=O)C(Cc1cc2c(cc1Cl)OCO2)C(=O)O. The van der Waals surface area contributed by atoms with Crippen LogP contribution in [0.25, 0.3) is 0 Å². The van der Waals surface area contributed by atoms with E-state index in [1.54, 1.807) is 19.1 Å². The standard InChI is InChI=1S/C13H13ClO6/c1-2-18-13(17)8(12(15)16)3-7-4-10-11(5-9(7)14)20-6-19-10/h4-5,8H,2-3,6H2,1H3,(H,15,16). The first-order chi connectivity index (χ1) is 9.52. The average Bonchev–Trinajstić information content (AvgIpc) is 2.82. The van der Waals surface area contributed by atoms with Gasteiger partial charge in [-0.1, -0.05) is 11.6 Å². The lowest BCUT2D eigenvalue weighted by Crippen LogP contribution is -2.28. The highest BCUT2D eigenvalue weighted by atomic mass is 35.5. The first-order valence-corrected chi connectivity index (χ1v) is 6.38. The fraction of sp³-hybridized carbons (Fsp3) is 0.385. The van der Waals surface area contributed by atoms with E-state index in [4.69, 9.17) is 30.9 Å². The Balaban J connectivity index is 2.23. The Kier molecular flexibility index (Phi) is 4.34. The molecule has 6 nitrogen and oxygen atoms in total. The van der Waals surface area contributed by atoms with Gasteiger partial charge in [0.2, 0.25) is 6.79 Å². The normalized spacial score (nSPS) is 13.9. The van der Waals surface area contributed by atoms with Crippen LogP contribution in [-0.2, 0) is 20.7 Å². The van der Waals surface area contributed by atoms with Gasteiger partial charge in [-0.2, -0.15) is 0 Å². The minimum absolute atomic E-state index is 0.0658. The molecule has 1 unspecified atom stereocenters. The second-order valence-corrected chi connectivity index (χ2v) is 4.55. The number of aliphatic carboxylic acids is 1. The number of halogens is 1. The van der Waals surface area contributed by atoms with Gasteiger partial charge in [0.05, 0.1) is 6.61 Å². The fourth-order valence-corrected chi connectivity index (χ4v) is 2.08. The maximum atomic E-state index is 11.6. The monoisotopic (exact) mass is 300 g/mol. The van der Waals surface area contributed by atoms with E-state index < -0.39 is 17.9 Å². The van der Waals surface area contributed by atoms with Crippen LogP contribution in [0.1, 0.15) is 12.5 Å². The summed E-state index contributed by atoms with van der Waals surface area (Å²) in [6.45, 7) is 1.83. The van der Waals surface area contributed by atoms with Gasteiger partial charge in [0.25, 0.3) is 0 Å². The van der Waals surface area contributed by atoms with E-state index in [0.717, 1.165) is 0 Å². The smallest absolute Gasteiger partial charge is 0.320 e. The van der Waals surface area contributed by atoms with E-state index in [0.29, 0.717) is 22.1 Å². The zero-order valence-corrected chi connectivity index (χ0v) is 11.5. The van der Waals surface area contributed by atoms with Gasteiger partial charge in [0.1, 0.15) is 0 Å². The van der Waals surface area contributed by atoms with Gasteiger partial charge >= 0.3 is 11.9 Å². The van der Waals surface area contributed by atoms with Crippen LogP contribution < -0.4 is 9.47 Å². The number of carboxylic acids is 1. The number of fused-ring (bicyclic) bond motifs is 1. The minimum Gasteiger partial charge on any atom is -0.481 e. The highest BCUT2D eigenvalue weighted by Gasteiger charge is 2.29. The second-order valence-electron chi connectivity index (χ2n) is 4.14. The fourth-order valence-electron chi connectivity index (χ4n) is 1.85. The Bertz CT molecular complexity index is 542. The lowest BCUT2D eigenvalue weighted by atomic mass is 9.99. The van der Waals surface area contributed by atoms with E-state index in [-0.39, 0.29) is 19.8 Å². The topological polar surface area (TPSA) is 82.1 Å². The summed E-state index contributed by atoms with van der Waals surface area (Å²) in [4.78, 5) is 22.8. The van der Waals surface area contributed by atoms with Crippen molar-refractivity contribution in [3.63, 3.8) is 0 Å². The van der Waals surface area contributed by atoms with Crippen LogP contribution in [0.15, 0.2) is 12.1 Å². The van der Waals surface area contributed by atoms with Crippen LogP contribution in [0.4, 0.5) is 0 Å². The molecule has 0 aliphatic carbocycles. The predicted molar refractivity (Wildman–Crippen MR) is 69.0 cm³/mol. The van der Waals surface area contributed by atoms with Gasteiger partial charge in [-0.25, -0.2) is 0 Å². The number of rotatable bonds is 5. The molecule has 0 spiro atoms. The van der Waals surface area contributed by atoms with Gasteiger partial charge in [-0.05, 0) is 25.0 Å². The van der Waals surface area contributed by atoms with Gasteiger partial charge < -0.3 is 19.3 Å². The number of ether oxygens (including phenoxy) is 3. The van der Waals surface area contributed by atoms with E-state index in [1.807, 2.05) is 0 Å². The number of carbonyl (C=O) groups excluding carboxylic acids is 1. The summed E-state index contributed by atoms with van der Waals surface area (Å²) in [5.74, 6) is -2.35. The molecule has 1 aromatic carbocycles. The summed E-state index contributed by atoms with van der Waals surface area (Å²) in [5.41, 5.74) is 0.497. The molecule has 1 aliphatic heterocycles.